The lowest BCUT2D eigenvalue weighted by Gasteiger charge is -2.19. The van der Waals surface area contributed by atoms with E-state index in [0.717, 1.165) is 0 Å². The summed E-state index contributed by atoms with van der Waals surface area (Å²) in [5.41, 5.74) is 0. The summed E-state index contributed by atoms with van der Waals surface area (Å²) in [6.45, 7) is 0. The maximum Gasteiger partial charge on any atom is -0.0196 e. The molecular formula is C15H25P3. The van der Waals surface area contributed by atoms with E-state index in [2.05, 4.69) is 30.3 Å². The molecule has 0 saturated carbocycles. The van der Waals surface area contributed by atoms with Crippen molar-refractivity contribution in [2.45, 2.75) is 44.9 Å². The van der Waals surface area contributed by atoms with E-state index in [4.69, 9.17) is 0 Å². The highest BCUT2D eigenvalue weighted by Gasteiger charge is 2.10. The van der Waals surface area contributed by atoms with Gasteiger partial charge in [-0.05, 0) is 38.1 Å². The van der Waals surface area contributed by atoms with Crippen LogP contribution in [0.2, 0.25) is 0 Å². The summed E-state index contributed by atoms with van der Waals surface area (Å²) in [6.07, 6.45) is 13.4. The fourth-order valence-corrected chi connectivity index (χ4v) is 12.7. The average Bonchev–Trinajstić information content (AvgIpc) is 2.40. The summed E-state index contributed by atoms with van der Waals surface area (Å²) in [6, 6.07) is 11.3. The van der Waals surface area contributed by atoms with E-state index in [0.29, 0.717) is 0 Å². The predicted molar refractivity (Wildman–Crippen MR) is 91.7 cm³/mol. The SMILES string of the molecule is c1ccc(P2CCCCCCCCCPP2)cc1. The molecule has 1 saturated heterocycles. The van der Waals surface area contributed by atoms with Crippen LogP contribution in [0.3, 0.4) is 0 Å². The van der Waals surface area contributed by atoms with Gasteiger partial charge in [-0.3, -0.25) is 0 Å². The Morgan fingerprint density at radius 1 is 0.778 bits per heavy atom. The summed E-state index contributed by atoms with van der Waals surface area (Å²) in [5, 5.41) is 1.66. The van der Waals surface area contributed by atoms with Crippen LogP contribution < -0.4 is 5.30 Å². The molecule has 0 N–H and O–H groups in total. The lowest BCUT2D eigenvalue weighted by Crippen LogP contribution is -1.99. The maximum atomic E-state index is 2.37. The molecule has 1 aromatic rings. The molecule has 0 bridgehead atoms. The molecule has 1 aliphatic rings. The number of rotatable bonds is 1. The van der Waals surface area contributed by atoms with Crippen molar-refractivity contribution in [1.29, 1.82) is 0 Å². The van der Waals surface area contributed by atoms with Crippen molar-refractivity contribution >= 4 is 29.1 Å². The molecule has 1 aliphatic heterocycles. The third-order valence-electron chi connectivity index (χ3n) is 3.47. The van der Waals surface area contributed by atoms with Gasteiger partial charge in [-0.1, -0.05) is 78.7 Å². The van der Waals surface area contributed by atoms with Crippen LogP contribution in [0.25, 0.3) is 0 Å². The molecule has 0 aromatic heterocycles. The first kappa shape index (κ1) is 14.9. The van der Waals surface area contributed by atoms with Crippen molar-refractivity contribution in [1.82, 2.24) is 0 Å². The maximum absolute atomic E-state index is 2.37. The van der Waals surface area contributed by atoms with Crippen LogP contribution >= 0.6 is 23.8 Å². The van der Waals surface area contributed by atoms with Crippen LogP contribution in [-0.4, -0.2) is 12.3 Å². The highest BCUT2D eigenvalue weighted by atomic mass is 32.4. The minimum Gasteiger partial charge on any atom is -0.0944 e. The Bertz CT molecular complexity index is 301. The van der Waals surface area contributed by atoms with Crippen LogP contribution in [-0.2, 0) is 0 Å². The van der Waals surface area contributed by atoms with Crippen molar-refractivity contribution in [3.8, 4) is 0 Å². The molecule has 0 spiro atoms. The van der Waals surface area contributed by atoms with Gasteiger partial charge in [-0.25, -0.2) is 0 Å². The van der Waals surface area contributed by atoms with Gasteiger partial charge in [0.15, 0.2) is 0 Å². The van der Waals surface area contributed by atoms with Crippen molar-refractivity contribution < 1.29 is 0 Å². The van der Waals surface area contributed by atoms with Crippen molar-refractivity contribution in [3.05, 3.63) is 30.3 Å². The molecule has 3 unspecified atom stereocenters. The average molecular weight is 298 g/mol. The van der Waals surface area contributed by atoms with Gasteiger partial charge in [-0.15, -0.1) is 0 Å². The van der Waals surface area contributed by atoms with E-state index in [-0.39, 0.29) is 7.61 Å². The van der Waals surface area contributed by atoms with Gasteiger partial charge >= 0.3 is 0 Å². The summed E-state index contributed by atoms with van der Waals surface area (Å²) in [5.74, 6) is 0. The third-order valence-corrected chi connectivity index (χ3v) is 13.5. The molecule has 100 valence electrons. The molecule has 18 heavy (non-hydrogen) atoms. The second-order valence-electron chi connectivity index (χ2n) is 5.00. The van der Waals surface area contributed by atoms with Gasteiger partial charge in [0.25, 0.3) is 0 Å². The standard InChI is InChI=1S/C15H25P3/c1-2-4-9-13-16-17-18(14-10-5-3-1)15-11-7-6-8-12-15/h6-8,11-12,16-17H,1-5,9-10,13-14H2. The van der Waals surface area contributed by atoms with Gasteiger partial charge in [0.1, 0.15) is 0 Å². The molecule has 1 heterocycles. The first-order chi connectivity index (χ1) is 8.97. The van der Waals surface area contributed by atoms with Gasteiger partial charge in [-0.2, -0.15) is 0 Å². The fraction of sp³-hybridized carbons (Fsp3) is 0.600. The first-order valence-corrected chi connectivity index (χ1v) is 12.9. The lowest BCUT2D eigenvalue weighted by atomic mass is 10.1. The van der Waals surface area contributed by atoms with Crippen LogP contribution in [0.1, 0.15) is 44.9 Å². The van der Waals surface area contributed by atoms with Crippen molar-refractivity contribution in [2.24, 2.45) is 0 Å². The number of hydrogen-bond donors (Lipinski definition) is 0. The molecule has 0 nitrogen and oxygen atoms in total. The highest BCUT2D eigenvalue weighted by molar-refractivity contribution is 8.50. The van der Waals surface area contributed by atoms with E-state index in [1.807, 2.05) is 0 Å². The molecule has 0 aliphatic carbocycles. The largest absolute Gasteiger partial charge is 0.0944 e. The topological polar surface area (TPSA) is 0 Å². The van der Waals surface area contributed by atoms with E-state index < -0.39 is 0 Å². The Morgan fingerprint density at radius 2 is 1.44 bits per heavy atom. The zero-order valence-corrected chi connectivity index (χ0v) is 14.1. The number of hydrogen-bond acceptors (Lipinski definition) is 0. The fourth-order valence-electron chi connectivity index (χ4n) is 2.38. The summed E-state index contributed by atoms with van der Waals surface area (Å²) in [7, 11) is 2.66. The van der Waals surface area contributed by atoms with Crippen LogP contribution in [0.4, 0.5) is 0 Å². The monoisotopic (exact) mass is 298 g/mol. The van der Waals surface area contributed by atoms with E-state index >= 15 is 0 Å². The Morgan fingerprint density at radius 3 is 2.22 bits per heavy atom. The smallest absolute Gasteiger partial charge is 0.0196 e. The summed E-state index contributed by atoms with van der Waals surface area (Å²) >= 11 is 0. The molecule has 2 rings (SSSR count). The van der Waals surface area contributed by atoms with Gasteiger partial charge in [0.2, 0.25) is 0 Å². The predicted octanol–water partition coefficient (Wildman–Crippen LogP) is 5.73. The third kappa shape index (κ3) is 5.65. The highest BCUT2D eigenvalue weighted by Crippen LogP contribution is 2.65. The summed E-state index contributed by atoms with van der Waals surface area (Å²) < 4.78 is 0. The minimum absolute atomic E-state index is 0.180. The van der Waals surface area contributed by atoms with Crippen LogP contribution in [0.15, 0.2) is 30.3 Å². The van der Waals surface area contributed by atoms with Crippen molar-refractivity contribution in [2.75, 3.05) is 12.3 Å². The van der Waals surface area contributed by atoms with E-state index in [1.54, 1.807) is 5.30 Å². The zero-order chi connectivity index (χ0) is 12.5. The number of benzene rings is 1. The molecule has 1 fully saturated rings. The molecule has 1 aromatic carbocycles. The van der Waals surface area contributed by atoms with Crippen LogP contribution in [0.5, 0.6) is 0 Å². The second kappa shape index (κ2) is 9.42. The lowest BCUT2D eigenvalue weighted by molar-refractivity contribution is 0.605. The molecular weight excluding hydrogens is 273 g/mol. The molecule has 3 heteroatoms. The second-order valence-corrected chi connectivity index (χ2v) is 13.3. The molecule has 3 atom stereocenters. The zero-order valence-electron chi connectivity index (χ0n) is 11.2. The normalized spacial score (nSPS) is 26.6. The Hall–Kier alpha value is 0.510. The Kier molecular flexibility index (Phi) is 7.80. The Balaban J connectivity index is 1.89. The summed E-state index contributed by atoms with van der Waals surface area (Å²) in [4.78, 5) is 0. The van der Waals surface area contributed by atoms with Gasteiger partial charge in [0.05, 0.1) is 0 Å². The van der Waals surface area contributed by atoms with Crippen molar-refractivity contribution in [3.63, 3.8) is 0 Å². The van der Waals surface area contributed by atoms with Gasteiger partial charge < -0.3 is 0 Å². The van der Waals surface area contributed by atoms with E-state index in [9.17, 15) is 0 Å². The van der Waals surface area contributed by atoms with Gasteiger partial charge in [0, 0.05) is 0 Å². The molecule has 0 amide bonds. The first-order valence-electron chi connectivity index (χ1n) is 7.28. The van der Waals surface area contributed by atoms with Crippen LogP contribution in [0, 0.1) is 0 Å². The Labute approximate surface area is 117 Å². The van der Waals surface area contributed by atoms with E-state index in [1.165, 1.54) is 73.5 Å². The quantitative estimate of drug-likeness (QED) is 0.581. The minimum atomic E-state index is 0.180. The molecule has 0 radical (unpaired) electrons.